The highest BCUT2D eigenvalue weighted by Gasteiger charge is 2.23. The Morgan fingerprint density at radius 2 is 1.74 bits per heavy atom. The van der Waals surface area contributed by atoms with Crippen LogP contribution in [0.2, 0.25) is 0 Å². The monoisotopic (exact) mass is 265 g/mol. The summed E-state index contributed by atoms with van der Waals surface area (Å²) in [6.45, 7) is 11.2. The van der Waals surface area contributed by atoms with Crippen LogP contribution < -0.4 is 5.32 Å². The van der Waals surface area contributed by atoms with E-state index in [9.17, 15) is 4.39 Å². The van der Waals surface area contributed by atoms with Gasteiger partial charge in [0.1, 0.15) is 5.82 Å². The molecule has 1 aromatic carbocycles. The van der Waals surface area contributed by atoms with Crippen LogP contribution in [0, 0.1) is 11.2 Å². The number of rotatable bonds is 6. The maximum Gasteiger partial charge on any atom is 0.123 e. The molecular formula is C17H28FN. The molecule has 0 heterocycles. The Kier molecular flexibility index (Phi) is 5.99. The first-order valence-corrected chi connectivity index (χ1v) is 7.36. The van der Waals surface area contributed by atoms with E-state index < -0.39 is 0 Å². The van der Waals surface area contributed by atoms with E-state index in [0.717, 1.165) is 6.42 Å². The molecular weight excluding hydrogens is 237 g/mol. The van der Waals surface area contributed by atoms with Crippen LogP contribution in [0.4, 0.5) is 4.39 Å². The van der Waals surface area contributed by atoms with Gasteiger partial charge in [0.2, 0.25) is 0 Å². The van der Waals surface area contributed by atoms with Gasteiger partial charge in [0.15, 0.2) is 0 Å². The molecule has 0 spiro atoms. The second-order valence-electron chi connectivity index (χ2n) is 6.50. The Morgan fingerprint density at radius 3 is 2.21 bits per heavy atom. The third-order valence-electron chi connectivity index (χ3n) is 3.87. The molecule has 0 fully saturated rings. The van der Waals surface area contributed by atoms with Crippen molar-refractivity contribution in [3.63, 3.8) is 0 Å². The Balaban J connectivity index is 2.79. The minimum Gasteiger partial charge on any atom is -0.307 e. The molecule has 0 amide bonds. The van der Waals surface area contributed by atoms with E-state index in [-0.39, 0.29) is 11.2 Å². The first-order valence-electron chi connectivity index (χ1n) is 7.36. The maximum absolute atomic E-state index is 13.0. The van der Waals surface area contributed by atoms with E-state index in [1.54, 1.807) is 12.1 Å². The number of benzene rings is 1. The molecule has 1 aromatic rings. The Labute approximate surface area is 117 Å². The van der Waals surface area contributed by atoms with Crippen molar-refractivity contribution >= 4 is 0 Å². The molecule has 0 bridgehead atoms. The number of unbranched alkanes of at least 4 members (excludes halogenated alkanes) is 1. The number of hydrogen-bond acceptors (Lipinski definition) is 1. The van der Waals surface area contributed by atoms with Gasteiger partial charge in [-0.25, -0.2) is 4.39 Å². The molecule has 1 rings (SSSR count). The average molecular weight is 265 g/mol. The van der Waals surface area contributed by atoms with Gasteiger partial charge in [0.05, 0.1) is 0 Å². The third-order valence-corrected chi connectivity index (χ3v) is 3.87. The third kappa shape index (κ3) is 5.32. The molecule has 0 aliphatic carbocycles. The fourth-order valence-corrected chi connectivity index (χ4v) is 2.00. The Bertz CT molecular complexity index is 364. The van der Waals surface area contributed by atoms with Crippen LogP contribution in [0.25, 0.3) is 0 Å². The molecule has 2 unspecified atom stereocenters. The highest BCUT2D eigenvalue weighted by atomic mass is 19.1. The predicted molar refractivity (Wildman–Crippen MR) is 80.7 cm³/mol. The zero-order chi connectivity index (χ0) is 14.5. The smallest absolute Gasteiger partial charge is 0.123 e. The highest BCUT2D eigenvalue weighted by molar-refractivity contribution is 5.20. The van der Waals surface area contributed by atoms with Crippen molar-refractivity contribution in [3.05, 3.63) is 35.6 Å². The lowest BCUT2D eigenvalue weighted by atomic mass is 9.86. The van der Waals surface area contributed by atoms with Gasteiger partial charge in [-0.15, -0.1) is 0 Å². The summed E-state index contributed by atoms with van der Waals surface area (Å²) in [6.07, 6.45) is 3.47. The molecule has 2 atom stereocenters. The van der Waals surface area contributed by atoms with E-state index in [2.05, 4.69) is 39.9 Å². The molecule has 1 nitrogen and oxygen atoms in total. The number of nitrogens with one attached hydrogen (secondary N) is 1. The molecule has 0 radical (unpaired) electrons. The number of hydrogen-bond donors (Lipinski definition) is 1. The van der Waals surface area contributed by atoms with E-state index in [0.29, 0.717) is 12.1 Å². The largest absolute Gasteiger partial charge is 0.307 e. The minimum absolute atomic E-state index is 0.165. The van der Waals surface area contributed by atoms with Gasteiger partial charge >= 0.3 is 0 Å². The number of halogens is 1. The highest BCUT2D eigenvalue weighted by Crippen LogP contribution is 2.25. The molecule has 0 saturated carbocycles. The van der Waals surface area contributed by atoms with Crippen LogP contribution in [0.5, 0.6) is 0 Å². The van der Waals surface area contributed by atoms with Crippen LogP contribution in [0.3, 0.4) is 0 Å². The van der Waals surface area contributed by atoms with Crippen LogP contribution in [0.1, 0.15) is 65.5 Å². The van der Waals surface area contributed by atoms with Gasteiger partial charge < -0.3 is 5.32 Å². The zero-order valence-electron chi connectivity index (χ0n) is 13.0. The SMILES string of the molecule is CCCCC(NC(C)C(C)(C)C)c1ccc(F)cc1. The van der Waals surface area contributed by atoms with Crippen molar-refractivity contribution < 1.29 is 4.39 Å². The molecule has 0 aliphatic heterocycles. The Morgan fingerprint density at radius 1 is 1.16 bits per heavy atom. The summed E-state index contributed by atoms with van der Waals surface area (Å²) in [5.41, 5.74) is 1.41. The van der Waals surface area contributed by atoms with Crippen molar-refractivity contribution in [3.8, 4) is 0 Å². The second kappa shape index (κ2) is 7.04. The fourth-order valence-electron chi connectivity index (χ4n) is 2.00. The van der Waals surface area contributed by atoms with Crippen LogP contribution in [0.15, 0.2) is 24.3 Å². The van der Waals surface area contributed by atoms with Crippen molar-refractivity contribution in [1.82, 2.24) is 5.32 Å². The summed E-state index contributed by atoms with van der Waals surface area (Å²) in [7, 11) is 0. The summed E-state index contributed by atoms with van der Waals surface area (Å²) >= 11 is 0. The fraction of sp³-hybridized carbons (Fsp3) is 0.647. The minimum atomic E-state index is -0.165. The van der Waals surface area contributed by atoms with Crippen LogP contribution in [-0.4, -0.2) is 6.04 Å². The summed E-state index contributed by atoms with van der Waals surface area (Å²) in [6, 6.07) is 7.64. The molecule has 19 heavy (non-hydrogen) atoms. The lowest BCUT2D eigenvalue weighted by molar-refractivity contribution is 0.257. The van der Waals surface area contributed by atoms with Gasteiger partial charge in [-0.05, 0) is 36.5 Å². The molecule has 1 N–H and O–H groups in total. The normalized spacial score (nSPS) is 15.3. The first kappa shape index (κ1) is 16.2. The van der Waals surface area contributed by atoms with Crippen LogP contribution >= 0.6 is 0 Å². The van der Waals surface area contributed by atoms with E-state index >= 15 is 0 Å². The van der Waals surface area contributed by atoms with Crippen molar-refractivity contribution in [2.24, 2.45) is 5.41 Å². The zero-order valence-corrected chi connectivity index (χ0v) is 13.0. The summed E-state index contributed by atoms with van der Waals surface area (Å²) < 4.78 is 13.0. The molecule has 2 heteroatoms. The lowest BCUT2D eigenvalue weighted by Gasteiger charge is -2.32. The van der Waals surface area contributed by atoms with E-state index in [1.807, 2.05) is 12.1 Å². The summed E-state index contributed by atoms with van der Waals surface area (Å²) in [4.78, 5) is 0. The van der Waals surface area contributed by atoms with Gasteiger partial charge in [0, 0.05) is 12.1 Å². The van der Waals surface area contributed by atoms with E-state index in [4.69, 9.17) is 0 Å². The Hall–Kier alpha value is -0.890. The quantitative estimate of drug-likeness (QED) is 0.756. The van der Waals surface area contributed by atoms with Crippen molar-refractivity contribution in [1.29, 1.82) is 0 Å². The van der Waals surface area contributed by atoms with Crippen molar-refractivity contribution in [2.45, 2.75) is 66.0 Å². The lowest BCUT2D eigenvalue weighted by Crippen LogP contribution is -2.40. The van der Waals surface area contributed by atoms with Gasteiger partial charge in [0.25, 0.3) is 0 Å². The summed E-state index contributed by atoms with van der Waals surface area (Å²) in [5, 5.41) is 3.71. The standard InChI is InChI=1S/C17H28FN/c1-6-7-8-16(19-13(2)17(3,4)5)14-9-11-15(18)12-10-14/h9-13,16,19H,6-8H2,1-5H3. The average Bonchev–Trinajstić information content (AvgIpc) is 2.34. The summed E-state index contributed by atoms with van der Waals surface area (Å²) in [5.74, 6) is -0.165. The van der Waals surface area contributed by atoms with Gasteiger partial charge in [-0.1, -0.05) is 52.7 Å². The topological polar surface area (TPSA) is 12.0 Å². The van der Waals surface area contributed by atoms with Crippen LogP contribution in [-0.2, 0) is 0 Å². The van der Waals surface area contributed by atoms with E-state index in [1.165, 1.54) is 18.4 Å². The molecule has 0 aromatic heterocycles. The molecule has 0 saturated heterocycles. The van der Waals surface area contributed by atoms with Gasteiger partial charge in [-0.3, -0.25) is 0 Å². The predicted octanol–water partition coefficient (Wildman–Crippen LogP) is 5.08. The first-order chi connectivity index (χ1) is 8.84. The molecule has 108 valence electrons. The van der Waals surface area contributed by atoms with Crippen molar-refractivity contribution in [2.75, 3.05) is 0 Å². The second-order valence-corrected chi connectivity index (χ2v) is 6.50. The molecule has 0 aliphatic rings. The maximum atomic E-state index is 13.0. The van der Waals surface area contributed by atoms with Gasteiger partial charge in [-0.2, -0.15) is 0 Å².